The van der Waals surface area contributed by atoms with Crippen LogP contribution in [-0.2, 0) is 18.2 Å². The summed E-state index contributed by atoms with van der Waals surface area (Å²) in [6, 6.07) is 3.99. The minimum atomic E-state index is -0.392. The van der Waals surface area contributed by atoms with Gasteiger partial charge < -0.3 is 19.6 Å². The Hall–Kier alpha value is -2.83. The molecule has 7 nitrogen and oxygen atoms in total. The molecule has 0 spiro atoms. The van der Waals surface area contributed by atoms with Crippen LogP contribution in [0.4, 0.5) is 5.82 Å². The van der Waals surface area contributed by atoms with Gasteiger partial charge in [0.15, 0.2) is 0 Å². The molecule has 23 heavy (non-hydrogen) atoms. The van der Waals surface area contributed by atoms with Crippen LogP contribution in [0.3, 0.4) is 0 Å². The normalized spacial score (nSPS) is 12.3. The van der Waals surface area contributed by atoms with Gasteiger partial charge in [-0.1, -0.05) is 0 Å². The Morgan fingerprint density at radius 3 is 3.00 bits per heavy atom. The Balaban J connectivity index is 1.90. The Bertz CT molecular complexity index is 822. The molecule has 3 heterocycles. The predicted octanol–water partition coefficient (Wildman–Crippen LogP) is 2.13. The third-order valence-corrected chi connectivity index (χ3v) is 3.80. The fourth-order valence-corrected chi connectivity index (χ4v) is 2.67. The van der Waals surface area contributed by atoms with Gasteiger partial charge in [-0.25, -0.2) is 14.8 Å². The first-order chi connectivity index (χ1) is 11.1. The quantitative estimate of drug-likeness (QED) is 0.705. The van der Waals surface area contributed by atoms with Crippen LogP contribution in [0.25, 0.3) is 11.0 Å². The second-order valence-electron chi connectivity index (χ2n) is 5.51. The number of aromatic amines is 1. The summed E-state index contributed by atoms with van der Waals surface area (Å²) >= 11 is 0. The van der Waals surface area contributed by atoms with Gasteiger partial charge in [-0.3, -0.25) is 0 Å². The number of carbonyl (C=O) groups is 1. The molecule has 0 amide bonds. The number of hydrogen-bond acceptors (Lipinski definition) is 5. The summed E-state index contributed by atoms with van der Waals surface area (Å²) in [7, 11) is 3.15. The number of aromatic nitrogens is 4. The Morgan fingerprint density at radius 2 is 2.30 bits per heavy atom. The lowest BCUT2D eigenvalue weighted by Crippen LogP contribution is -2.18. The molecule has 0 saturated carbocycles. The standard InChI is InChI=1S/C16H19N5O2/c1-10(6-11-4-5-17-8-11)20-14-12-7-13(16(22)23-3)21(2)15(12)19-9-18-14/h4-5,7-10,17H,6H2,1-3H3,(H,18,19,20). The summed E-state index contributed by atoms with van der Waals surface area (Å²) in [5, 5.41) is 4.19. The average molecular weight is 313 g/mol. The summed E-state index contributed by atoms with van der Waals surface area (Å²) in [6.07, 6.45) is 6.25. The molecule has 3 rings (SSSR count). The Kier molecular flexibility index (Phi) is 4.01. The van der Waals surface area contributed by atoms with Crippen LogP contribution in [0.15, 0.2) is 30.9 Å². The lowest BCUT2D eigenvalue weighted by Gasteiger charge is -2.14. The van der Waals surface area contributed by atoms with Crippen molar-refractivity contribution in [2.45, 2.75) is 19.4 Å². The second kappa shape index (κ2) is 6.12. The van der Waals surface area contributed by atoms with Crippen molar-refractivity contribution in [3.8, 4) is 0 Å². The highest BCUT2D eigenvalue weighted by Crippen LogP contribution is 2.24. The molecule has 0 fully saturated rings. The zero-order chi connectivity index (χ0) is 16.4. The molecule has 120 valence electrons. The van der Waals surface area contributed by atoms with Crippen molar-refractivity contribution in [2.75, 3.05) is 12.4 Å². The van der Waals surface area contributed by atoms with Crippen molar-refractivity contribution >= 4 is 22.8 Å². The number of carbonyl (C=O) groups excluding carboxylic acids is 1. The van der Waals surface area contributed by atoms with Crippen LogP contribution in [0.1, 0.15) is 23.0 Å². The van der Waals surface area contributed by atoms with Crippen LogP contribution >= 0.6 is 0 Å². The molecule has 3 aromatic rings. The first kappa shape index (κ1) is 15.1. The van der Waals surface area contributed by atoms with E-state index in [4.69, 9.17) is 4.74 Å². The van der Waals surface area contributed by atoms with Gasteiger partial charge in [-0.05, 0) is 31.0 Å². The monoisotopic (exact) mass is 313 g/mol. The lowest BCUT2D eigenvalue weighted by atomic mass is 10.1. The van der Waals surface area contributed by atoms with Gasteiger partial charge in [0.25, 0.3) is 0 Å². The van der Waals surface area contributed by atoms with Crippen LogP contribution in [0, 0.1) is 0 Å². The van der Waals surface area contributed by atoms with E-state index in [1.54, 1.807) is 17.7 Å². The van der Waals surface area contributed by atoms with Gasteiger partial charge in [0, 0.05) is 25.5 Å². The van der Waals surface area contributed by atoms with Crippen molar-refractivity contribution in [2.24, 2.45) is 7.05 Å². The van der Waals surface area contributed by atoms with Crippen molar-refractivity contribution in [3.05, 3.63) is 42.1 Å². The van der Waals surface area contributed by atoms with Gasteiger partial charge in [-0.2, -0.15) is 0 Å². The lowest BCUT2D eigenvalue weighted by molar-refractivity contribution is 0.0590. The molecule has 0 saturated heterocycles. The van der Waals surface area contributed by atoms with Gasteiger partial charge in [0.1, 0.15) is 23.5 Å². The topological polar surface area (TPSA) is 84.8 Å². The molecule has 2 N–H and O–H groups in total. The van der Waals surface area contributed by atoms with Crippen molar-refractivity contribution in [1.29, 1.82) is 0 Å². The summed E-state index contributed by atoms with van der Waals surface area (Å²) < 4.78 is 6.52. The van der Waals surface area contributed by atoms with E-state index in [0.29, 0.717) is 17.2 Å². The second-order valence-corrected chi connectivity index (χ2v) is 5.51. The number of methoxy groups -OCH3 is 1. The smallest absolute Gasteiger partial charge is 0.354 e. The molecule has 7 heteroatoms. The Morgan fingerprint density at radius 1 is 1.48 bits per heavy atom. The third kappa shape index (κ3) is 2.90. The number of nitrogens with one attached hydrogen (secondary N) is 2. The van der Waals surface area contributed by atoms with Crippen LogP contribution in [0.5, 0.6) is 0 Å². The highest BCUT2D eigenvalue weighted by Gasteiger charge is 2.18. The molecule has 3 aromatic heterocycles. The van der Waals surface area contributed by atoms with Crippen molar-refractivity contribution < 1.29 is 9.53 Å². The number of rotatable bonds is 5. The van der Waals surface area contributed by atoms with Gasteiger partial charge in [0.05, 0.1) is 12.5 Å². The fraction of sp³-hybridized carbons (Fsp3) is 0.312. The molecule has 0 aliphatic carbocycles. The number of aryl methyl sites for hydroxylation is 1. The molecular formula is C16H19N5O2. The van der Waals surface area contributed by atoms with E-state index in [9.17, 15) is 4.79 Å². The Labute approximate surface area is 133 Å². The number of hydrogen-bond donors (Lipinski definition) is 2. The number of nitrogens with zero attached hydrogens (tertiary/aromatic N) is 3. The number of H-pyrrole nitrogens is 1. The molecular weight excluding hydrogens is 294 g/mol. The van der Waals surface area contributed by atoms with E-state index in [1.807, 2.05) is 18.5 Å². The first-order valence-corrected chi connectivity index (χ1v) is 7.37. The van der Waals surface area contributed by atoms with E-state index < -0.39 is 5.97 Å². The van der Waals surface area contributed by atoms with Crippen LogP contribution < -0.4 is 5.32 Å². The van der Waals surface area contributed by atoms with Crippen molar-refractivity contribution in [3.63, 3.8) is 0 Å². The number of anilines is 1. The molecule has 0 aliphatic rings. The molecule has 0 aromatic carbocycles. The maximum absolute atomic E-state index is 11.8. The van der Waals surface area contributed by atoms with E-state index in [2.05, 4.69) is 27.2 Å². The van der Waals surface area contributed by atoms with Gasteiger partial charge in [0.2, 0.25) is 0 Å². The highest BCUT2D eigenvalue weighted by molar-refractivity contribution is 5.98. The number of esters is 1. The summed E-state index contributed by atoms with van der Waals surface area (Å²) in [4.78, 5) is 23.5. The molecule has 1 unspecified atom stereocenters. The van der Waals surface area contributed by atoms with Gasteiger partial charge in [-0.15, -0.1) is 0 Å². The van der Waals surface area contributed by atoms with E-state index >= 15 is 0 Å². The first-order valence-electron chi connectivity index (χ1n) is 7.37. The van der Waals surface area contributed by atoms with Crippen LogP contribution in [-0.4, -0.2) is 38.6 Å². The maximum Gasteiger partial charge on any atom is 0.354 e. The van der Waals surface area contributed by atoms with E-state index in [-0.39, 0.29) is 6.04 Å². The molecule has 0 radical (unpaired) electrons. The maximum atomic E-state index is 11.8. The molecule has 1 atom stereocenters. The number of fused-ring (bicyclic) bond motifs is 1. The average Bonchev–Trinajstić information content (AvgIpc) is 3.16. The minimum absolute atomic E-state index is 0.186. The van der Waals surface area contributed by atoms with E-state index in [1.165, 1.54) is 19.0 Å². The largest absolute Gasteiger partial charge is 0.464 e. The fourth-order valence-electron chi connectivity index (χ4n) is 2.67. The summed E-state index contributed by atoms with van der Waals surface area (Å²) in [5.74, 6) is 0.320. The SMILES string of the molecule is COC(=O)c1cc2c(NC(C)Cc3cc[nH]c3)ncnc2n1C. The molecule has 0 bridgehead atoms. The van der Waals surface area contributed by atoms with Crippen molar-refractivity contribution in [1.82, 2.24) is 19.5 Å². The minimum Gasteiger partial charge on any atom is -0.464 e. The molecule has 0 aliphatic heterocycles. The third-order valence-electron chi connectivity index (χ3n) is 3.80. The van der Waals surface area contributed by atoms with Gasteiger partial charge >= 0.3 is 5.97 Å². The van der Waals surface area contributed by atoms with E-state index in [0.717, 1.165) is 11.8 Å². The summed E-state index contributed by atoms with van der Waals surface area (Å²) in [6.45, 7) is 2.09. The zero-order valence-electron chi connectivity index (χ0n) is 13.3. The summed E-state index contributed by atoms with van der Waals surface area (Å²) in [5.41, 5.74) is 2.36. The highest BCUT2D eigenvalue weighted by atomic mass is 16.5. The number of ether oxygens (including phenoxy) is 1. The predicted molar refractivity (Wildman–Crippen MR) is 87.4 cm³/mol. The zero-order valence-corrected chi connectivity index (χ0v) is 13.3. The van der Waals surface area contributed by atoms with Crippen LogP contribution in [0.2, 0.25) is 0 Å².